The number of amides is 1. The molecule has 1 heterocycles. The second-order valence-corrected chi connectivity index (χ2v) is 6.86. The number of hydrogen-bond acceptors (Lipinski definition) is 2. The third kappa shape index (κ3) is 3.17. The van der Waals surface area contributed by atoms with Crippen molar-refractivity contribution in [2.24, 2.45) is 0 Å². The topological polar surface area (TPSA) is 29.1 Å². The van der Waals surface area contributed by atoms with E-state index in [9.17, 15) is 9.18 Å². The van der Waals surface area contributed by atoms with Crippen LogP contribution in [0.4, 0.5) is 4.39 Å². The van der Waals surface area contributed by atoms with Gasteiger partial charge in [0.25, 0.3) is 5.91 Å². The maximum Gasteiger partial charge on any atom is 0.251 e. The molecule has 1 atom stereocenters. The Morgan fingerprint density at radius 1 is 1.18 bits per heavy atom. The average molecular weight is 315 g/mol. The van der Waals surface area contributed by atoms with Crippen LogP contribution in [0.15, 0.2) is 41.3 Å². The minimum Gasteiger partial charge on any atom is -0.345 e. The van der Waals surface area contributed by atoms with Crippen molar-refractivity contribution < 1.29 is 9.18 Å². The van der Waals surface area contributed by atoms with E-state index in [0.29, 0.717) is 5.56 Å². The van der Waals surface area contributed by atoms with Crippen molar-refractivity contribution >= 4 is 17.7 Å². The summed E-state index contributed by atoms with van der Waals surface area (Å²) in [6.45, 7) is 3.96. The van der Waals surface area contributed by atoms with E-state index in [1.807, 2.05) is 32.0 Å². The Hall–Kier alpha value is -1.81. The van der Waals surface area contributed by atoms with Gasteiger partial charge in [0, 0.05) is 16.2 Å². The lowest BCUT2D eigenvalue weighted by atomic mass is 10.0. The van der Waals surface area contributed by atoms with Crippen molar-refractivity contribution in [3.63, 3.8) is 0 Å². The Kier molecular flexibility index (Phi) is 4.21. The lowest BCUT2D eigenvalue weighted by Gasteiger charge is -2.26. The van der Waals surface area contributed by atoms with E-state index in [1.165, 1.54) is 12.1 Å². The highest BCUT2D eigenvalue weighted by Gasteiger charge is 2.23. The number of hydrogen-bond donors (Lipinski definition) is 1. The molecule has 1 amide bonds. The molecule has 0 radical (unpaired) electrons. The van der Waals surface area contributed by atoms with Crippen LogP contribution in [0.5, 0.6) is 0 Å². The van der Waals surface area contributed by atoms with Crippen molar-refractivity contribution in [2.45, 2.75) is 31.2 Å². The minimum atomic E-state index is -0.258. The first-order chi connectivity index (χ1) is 10.5. The minimum absolute atomic E-state index is 0.0982. The van der Waals surface area contributed by atoms with E-state index in [-0.39, 0.29) is 17.8 Å². The molecule has 2 aromatic carbocycles. The Morgan fingerprint density at radius 3 is 2.64 bits per heavy atom. The monoisotopic (exact) mass is 315 g/mol. The van der Waals surface area contributed by atoms with Gasteiger partial charge < -0.3 is 5.32 Å². The van der Waals surface area contributed by atoms with Crippen molar-refractivity contribution in [1.82, 2.24) is 5.32 Å². The van der Waals surface area contributed by atoms with Crippen LogP contribution < -0.4 is 5.32 Å². The number of nitrogens with one attached hydrogen (secondary N) is 1. The Balaban J connectivity index is 1.85. The molecule has 0 saturated carbocycles. The van der Waals surface area contributed by atoms with Gasteiger partial charge in [0.2, 0.25) is 0 Å². The molecule has 0 bridgehead atoms. The highest BCUT2D eigenvalue weighted by Crippen LogP contribution is 2.36. The number of carbonyl (C=O) groups is 1. The summed E-state index contributed by atoms with van der Waals surface area (Å²) in [7, 11) is 0. The van der Waals surface area contributed by atoms with E-state index < -0.39 is 0 Å². The van der Waals surface area contributed by atoms with Crippen LogP contribution in [-0.4, -0.2) is 11.7 Å². The molecule has 0 saturated heterocycles. The summed E-state index contributed by atoms with van der Waals surface area (Å²) in [6, 6.07) is 10.5. The maximum atomic E-state index is 13.5. The fourth-order valence-corrected chi connectivity index (χ4v) is 3.97. The zero-order valence-electron chi connectivity index (χ0n) is 12.7. The van der Waals surface area contributed by atoms with Gasteiger partial charge in [-0.05, 0) is 56.2 Å². The third-order valence-electron chi connectivity index (χ3n) is 3.80. The van der Waals surface area contributed by atoms with Crippen molar-refractivity contribution in [3.05, 3.63) is 64.5 Å². The van der Waals surface area contributed by atoms with Gasteiger partial charge in [0.15, 0.2) is 0 Å². The predicted octanol–water partition coefficient (Wildman–Crippen LogP) is 4.41. The van der Waals surface area contributed by atoms with E-state index in [2.05, 4.69) is 5.32 Å². The van der Waals surface area contributed by atoms with E-state index in [1.54, 1.807) is 17.8 Å². The Bertz CT molecular complexity index is 709. The third-order valence-corrected chi connectivity index (χ3v) is 4.92. The first-order valence-electron chi connectivity index (χ1n) is 7.34. The van der Waals surface area contributed by atoms with Gasteiger partial charge in [-0.3, -0.25) is 4.79 Å². The number of halogens is 1. The normalized spacial score (nSPS) is 17.0. The quantitative estimate of drug-likeness (QED) is 0.889. The number of thioether (sulfide) groups is 1. The first kappa shape index (κ1) is 15.1. The van der Waals surface area contributed by atoms with E-state index in [4.69, 9.17) is 0 Å². The van der Waals surface area contributed by atoms with Crippen LogP contribution in [0.25, 0.3) is 0 Å². The Morgan fingerprint density at radius 2 is 1.91 bits per heavy atom. The van der Waals surface area contributed by atoms with Crippen LogP contribution in [0, 0.1) is 19.7 Å². The molecule has 0 spiro atoms. The smallest absolute Gasteiger partial charge is 0.251 e. The summed E-state index contributed by atoms with van der Waals surface area (Å²) in [4.78, 5) is 13.6. The van der Waals surface area contributed by atoms with Gasteiger partial charge in [-0.2, -0.15) is 0 Å². The molecule has 1 aliphatic rings. The zero-order chi connectivity index (χ0) is 15.7. The Labute approximate surface area is 134 Å². The molecule has 3 rings (SSSR count). The van der Waals surface area contributed by atoms with Crippen molar-refractivity contribution in [2.75, 3.05) is 5.75 Å². The standard InChI is InChI=1S/C18H18FNOS/c1-11-7-12(2)9-13(8-11)18(21)20-16-5-6-22-17-4-3-14(19)10-15(16)17/h3-4,7-10,16H,5-6H2,1-2H3,(H,20,21)/t16-/m0/s1. The summed E-state index contributed by atoms with van der Waals surface area (Å²) < 4.78 is 13.5. The number of benzene rings is 2. The first-order valence-corrected chi connectivity index (χ1v) is 8.33. The summed E-state index contributed by atoms with van der Waals surface area (Å²) in [5, 5.41) is 3.05. The molecule has 2 aromatic rings. The number of aryl methyl sites for hydroxylation is 2. The predicted molar refractivity (Wildman–Crippen MR) is 87.9 cm³/mol. The highest BCUT2D eigenvalue weighted by molar-refractivity contribution is 7.99. The van der Waals surface area contributed by atoms with Crippen LogP contribution >= 0.6 is 11.8 Å². The molecule has 0 fully saturated rings. The SMILES string of the molecule is Cc1cc(C)cc(C(=O)N[C@H]2CCSc3ccc(F)cc32)c1. The van der Waals surface area contributed by atoms with Gasteiger partial charge in [-0.1, -0.05) is 17.2 Å². The van der Waals surface area contributed by atoms with Gasteiger partial charge in [-0.15, -0.1) is 11.8 Å². The van der Waals surface area contributed by atoms with Crippen LogP contribution in [-0.2, 0) is 0 Å². The molecule has 4 heteroatoms. The van der Waals surface area contributed by atoms with Gasteiger partial charge in [0.05, 0.1) is 6.04 Å². The van der Waals surface area contributed by atoms with Gasteiger partial charge in [-0.25, -0.2) is 4.39 Å². The number of fused-ring (bicyclic) bond motifs is 1. The van der Waals surface area contributed by atoms with Crippen LogP contribution in [0.1, 0.15) is 39.5 Å². The molecule has 1 N–H and O–H groups in total. The summed E-state index contributed by atoms with van der Waals surface area (Å²) in [5.74, 6) is 0.571. The van der Waals surface area contributed by atoms with Gasteiger partial charge >= 0.3 is 0 Å². The molecular formula is C18H18FNOS. The largest absolute Gasteiger partial charge is 0.345 e. The lowest BCUT2D eigenvalue weighted by Crippen LogP contribution is -2.30. The van der Waals surface area contributed by atoms with Crippen LogP contribution in [0.2, 0.25) is 0 Å². The number of rotatable bonds is 2. The highest BCUT2D eigenvalue weighted by atomic mass is 32.2. The van der Waals surface area contributed by atoms with Crippen molar-refractivity contribution in [3.8, 4) is 0 Å². The molecule has 0 aromatic heterocycles. The molecule has 0 aliphatic carbocycles. The molecule has 2 nitrogen and oxygen atoms in total. The zero-order valence-corrected chi connectivity index (χ0v) is 13.5. The average Bonchev–Trinajstić information content (AvgIpc) is 2.47. The van der Waals surface area contributed by atoms with Gasteiger partial charge in [0.1, 0.15) is 5.82 Å². The van der Waals surface area contributed by atoms with Crippen molar-refractivity contribution in [1.29, 1.82) is 0 Å². The number of carbonyl (C=O) groups excluding carboxylic acids is 1. The second kappa shape index (κ2) is 6.13. The molecular weight excluding hydrogens is 297 g/mol. The molecule has 114 valence electrons. The lowest BCUT2D eigenvalue weighted by molar-refractivity contribution is 0.0934. The fraction of sp³-hybridized carbons (Fsp3) is 0.278. The molecule has 1 aliphatic heterocycles. The van der Waals surface area contributed by atoms with Crippen LogP contribution in [0.3, 0.4) is 0 Å². The fourth-order valence-electron chi connectivity index (χ4n) is 2.86. The molecule has 22 heavy (non-hydrogen) atoms. The summed E-state index contributed by atoms with van der Waals surface area (Å²) >= 11 is 1.71. The summed E-state index contributed by atoms with van der Waals surface area (Å²) in [6.07, 6.45) is 0.817. The summed E-state index contributed by atoms with van der Waals surface area (Å²) in [5.41, 5.74) is 3.68. The van der Waals surface area contributed by atoms with E-state index >= 15 is 0 Å². The van der Waals surface area contributed by atoms with E-state index in [0.717, 1.165) is 33.8 Å². The maximum absolute atomic E-state index is 13.5. The second-order valence-electron chi connectivity index (χ2n) is 5.72. The molecule has 0 unspecified atom stereocenters.